The Labute approximate surface area is 108 Å². The molecule has 1 rings (SSSR count). The van der Waals surface area contributed by atoms with Crippen LogP contribution < -0.4 is 10.6 Å². The maximum absolute atomic E-state index is 11.6. The quantitative estimate of drug-likeness (QED) is 0.837. The summed E-state index contributed by atoms with van der Waals surface area (Å²) in [6, 6.07) is 7.33. The molecule has 0 aliphatic rings. The van der Waals surface area contributed by atoms with E-state index < -0.39 is 0 Å². The fourth-order valence-corrected chi connectivity index (χ4v) is 1.56. The highest BCUT2D eigenvalue weighted by atomic mass is 16.2. The summed E-state index contributed by atoms with van der Waals surface area (Å²) in [5.41, 5.74) is 1.69. The number of benzene rings is 1. The first-order chi connectivity index (χ1) is 8.51. The van der Waals surface area contributed by atoms with Gasteiger partial charge in [-0.15, -0.1) is 0 Å². The monoisotopic (exact) mass is 248 g/mol. The van der Waals surface area contributed by atoms with Crippen molar-refractivity contribution < 1.29 is 9.59 Å². The number of hydrogen-bond acceptors (Lipinski definition) is 2. The van der Waals surface area contributed by atoms with Crippen molar-refractivity contribution in [3.63, 3.8) is 0 Å². The molecule has 0 radical (unpaired) electrons. The zero-order valence-corrected chi connectivity index (χ0v) is 11.1. The Hall–Kier alpha value is -1.84. The lowest BCUT2D eigenvalue weighted by Gasteiger charge is -2.08. The molecule has 0 spiro atoms. The van der Waals surface area contributed by atoms with Crippen LogP contribution in [-0.4, -0.2) is 18.9 Å². The van der Waals surface area contributed by atoms with Crippen molar-refractivity contribution in [1.29, 1.82) is 0 Å². The Morgan fingerprint density at radius 1 is 1.11 bits per heavy atom. The van der Waals surface area contributed by atoms with Gasteiger partial charge in [0.25, 0.3) is 0 Å². The number of amides is 2. The van der Waals surface area contributed by atoms with Gasteiger partial charge in [-0.25, -0.2) is 0 Å². The highest BCUT2D eigenvalue weighted by Gasteiger charge is 2.05. The van der Waals surface area contributed by atoms with Crippen LogP contribution >= 0.6 is 0 Å². The van der Waals surface area contributed by atoms with Crippen LogP contribution in [0.3, 0.4) is 0 Å². The molecule has 1 aromatic carbocycles. The molecule has 0 saturated heterocycles. The topological polar surface area (TPSA) is 58.2 Å². The molecular formula is C14H20N2O2. The lowest BCUT2D eigenvalue weighted by Crippen LogP contribution is -2.19. The van der Waals surface area contributed by atoms with E-state index in [0.717, 1.165) is 11.3 Å². The first kappa shape index (κ1) is 14.2. The third-order valence-corrected chi connectivity index (χ3v) is 2.47. The van der Waals surface area contributed by atoms with E-state index in [9.17, 15) is 9.59 Å². The van der Waals surface area contributed by atoms with E-state index in [1.165, 1.54) is 0 Å². The third-order valence-electron chi connectivity index (χ3n) is 2.47. The van der Waals surface area contributed by atoms with Gasteiger partial charge in [0.2, 0.25) is 11.8 Å². The van der Waals surface area contributed by atoms with Gasteiger partial charge in [-0.1, -0.05) is 26.0 Å². The fraction of sp³-hybridized carbons (Fsp3) is 0.429. The lowest BCUT2D eigenvalue weighted by molar-refractivity contribution is -0.120. The van der Waals surface area contributed by atoms with Crippen LogP contribution in [0.25, 0.3) is 0 Å². The average Bonchev–Trinajstić information content (AvgIpc) is 2.30. The molecule has 0 aliphatic heterocycles. The second-order valence-electron chi connectivity index (χ2n) is 4.69. The molecule has 0 unspecified atom stereocenters. The minimum Gasteiger partial charge on any atom is -0.359 e. The van der Waals surface area contributed by atoms with Crippen molar-refractivity contribution in [2.45, 2.75) is 26.7 Å². The summed E-state index contributed by atoms with van der Waals surface area (Å²) < 4.78 is 0. The van der Waals surface area contributed by atoms with Gasteiger partial charge in [0.1, 0.15) is 0 Å². The van der Waals surface area contributed by atoms with Gasteiger partial charge in [-0.05, 0) is 23.6 Å². The number of hydrogen-bond donors (Lipinski definition) is 2. The smallest absolute Gasteiger partial charge is 0.224 e. The number of rotatable bonds is 5. The zero-order chi connectivity index (χ0) is 13.5. The van der Waals surface area contributed by atoms with Gasteiger partial charge in [0.15, 0.2) is 0 Å². The van der Waals surface area contributed by atoms with Gasteiger partial charge < -0.3 is 10.6 Å². The van der Waals surface area contributed by atoms with Crippen molar-refractivity contribution in [2.75, 3.05) is 12.4 Å². The van der Waals surface area contributed by atoms with E-state index in [1.807, 2.05) is 38.1 Å². The van der Waals surface area contributed by atoms with Crippen molar-refractivity contribution >= 4 is 17.5 Å². The van der Waals surface area contributed by atoms with Gasteiger partial charge in [-0.2, -0.15) is 0 Å². The minimum atomic E-state index is -0.0217. The Kier molecular flexibility index (Phi) is 5.36. The molecule has 0 saturated carbocycles. The first-order valence-corrected chi connectivity index (χ1v) is 6.10. The standard InChI is InChI=1S/C14H20N2O2/c1-10(2)8-14(18)16-12-6-4-11(5-7-12)9-13(17)15-3/h4-7,10H,8-9H2,1-3H3,(H,15,17)(H,16,18). The number of carbonyl (C=O) groups is 2. The van der Waals surface area contributed by atoms with Crippen LogP contribution in [0.2, 0.25) is 0 Å². The minimum absolute atomic E-state index is 0.0176. The van der Waals surface area contributed by atoms with E-state index in [0.29, 0.717) is 18.8 Å². The van der Waals surface area contributed by atoms with E-state index in [1.54, 1.807) is 7.05 Å². The summed E-state index contributed by atoms with van der Waals surface area (Å²) in [4.78, 5) is 22.7. The van der Waals surface area contributed by atoms with Gasteiger partial charge in [-0.3, -0.25) is 9.59 Å². The maximum Gasteiger partial charge on any atom is 0.224 e. The second kappa shape index (κ2) is 6.79. The van der Waals surface area contributed by atoms with E-state index in [4.69, 9.17) is 0 Å². The number of carbonyl (C=O) groups excluding carboxylic acids is 2. The Morgan fingerprint density at radius 2 is 1.72 bits per heavy atom. The molecule has 2 N–H and O–H groups in total. The lowest BCUT2D eigenvalue weighted by atomic mass is 10.1. The van der Waals surface area contributed by atoms with Crippen molar-refractivity contribution in [1.82, 2.24) is 5.32 Å². The molecule has 0 atom stereocenters. The molecule has 0 aromatic heterocycles. The zero-order valence-electron chi connectivity index (χ0n) is 11.1. The van der Waals surface area contributed by atoms with E-state index in [2.05, 4.69) is 10.6 Å². The summed E-state index contributed by atoms with van der Waals surface area (Å²) in [5, 5.41) is 5.40. The number of nitrogens with one attached hydrogen (secondary N) is 2. The average molecular weight is 248 g/mol. The highest BCUT2D eigenvalue weighted by molar-refractivity contribution is 5.90. The van der Waals surface area contributed by atoms with E-state index >= 15 is 0 Å². The first-order valence-electron chi connectivity index (χ1n) is 6.10. The summed E-state index contributed by atoms with van der Waals surface area (Å²) in [6.45, 7) is 4.01. The number of anilines is 1. The third kappa shape index (κ3) is 4.99. The molecule has 0 fully saturated rings. The maximum atomic E-state index is 11.6. The van der Waals surface area contributed by atoms with Crippen molar-refractivity contribution in [3.05, 3.63) is 29.8 Å². The second-order valence-corrected chi connectivity index (χ2v) is 4.69. The molecule has 4 heteroatoms. The summed E-state index contributed by atoms with van der Waals surface area (Å²) in [7, 11) is 1.61. The number of likely N-dealkylation sites (N-methyl/N-ethyl adjacent to an activating group) is 1. The molecule has 4 nitrogen and oxygen atoms in total. The van der Waals surface area contributed by atoms with Gasteiger partial charge in [0, 0.05) is 19.2 Å². The normalized spacial score (nSPS) is 10.2. The molecule has 2 amide bonds. The SMILES string of the molecule is CNC(=O)Cc1ccc(NC(=O)CC(C)C)cc1. The van der Waals surface area contributed by atoms with Crippen LogP contribution in [-0.2, 0) is 16.0 Å². The van der Waals surface area contributed by atoms with E-state index in [-0.39, 0.29) is 11.8 Å². The van der Waals surface area contributed by atoms with Crippen LogP contribution in [0, 0.1) is 5.92 Å². The predicted octanol–water partition coefficient (Wildman–Crippen LogP) is 1.96. The highest BCUT2D eigenvalue weighted by Crippen LogP contribution is 2.11. The Balaban J connectivity index is 2.55. The van der Waals surface area contributed by atoms with Crippen LogP contribution in [0.1, 0.15) is 25.8 Å². The molecule has 18 heavy (non-hydrogen) atoms. The molecule has 0 heterocycles. The van der Waals surface area contributed by atoms with Crippen LogP contribution in [0.4, 0.5) is 5.69 Å². The predicted molar refractivity (Wildman–Crippen MR) is 72.3 cm³/mol. The van der Waals surface area contributed by atoms with Gasteiger partial charge >= 0.3 is 0 Å². The largest absolute Gasteiger partial charge is 0.359 e. The Morgan fingerprint density at radius 3 is 2.22 bits per heavy atom. The molecule has 0 bridgehead atoms. The summed E-state index contributed by atoms with van der Waals surface area (Å²) in [6.07, 6.45) is 0.872. The molecular weight excluding hydrogens is 228 g/mol. The summed E-state index contributed by atoms with van der Waals surface area (Å²) >= 11 is 0. The molecule has 98 valence electrons. The van der Waals surface area contributed by atoms with Crippen molar-refractivity contribution in [2.24, 2.45) is 5.92 Å². The fourth-order valence-electron chi connectivity index (χ4n) is 1.56. The molecule has 0 aliphatic carbocycles. The van der Waals surface area contributed by atoms with Gasteiger partial charge in [0.05, 0.1) is 6.42 Å². The summed E-state index contributed by atoms with van der Waals surface area (Å²) in [5.74, 6) is 0.341. The Bertz CT molecular complexity index is 410. The van der Waals surface area contributed by atoms with Crippen molar-refractivity contribution in [3.8, 4) is 0 Å². The van der Waals surface area contributed by atoms with Crippen LogP contribution in [0.15, 0.2) is 24.3 Å². The molecule has 1 aromatic rings. The van der Waals surface area contributed by atoms with Crippen LogP contribution in [0.5, 0.6) is 0 Å².